The quantitative estimate of drug-likeness (QED) is 0.839. The SMILES string of the molecule is CC(=O)SCC(O)C(O)c1ccc(C(F)(F)F)cc1F. The number of aliphatic hydroxyl groups excluding tert-OH is 2. The van der Waals surface area contributed by atoms with Crippen molar-refractivity contribution in [1.29, 1.82) is 0 Å². The van der Waals surface area contributed by atoms with Crippen molar-refractivity contribution in [3.05, 3.63) is 35.1 Å². The molecule has 2 N–H and O–H groups in total. The van der Waals surface area contributed by atoms with Gasteiger partial charge in [0.25, 0.3) is 0 Å². The fraction of sp³-hybridized carbons (Fsp3) is 0.417. The number of halogens is 4. The van der Waals surface area contributed by atoms with Crippen molar-refractivity contribution >= 4 is 16.9 Å². The van der Waals surface area contributed by atoms with Crippen LogP contribution in [0.2, 0.25) is 0 Å². The summed E-state index contributed by atoms with van der Waals surface area (Å²) in [6, 6.07) is 1.64. The Morgan fingerprint density at radius 3 is 2.40 bits per heavy atom. The highest BCUT2D eigenvalue weighted by molar-refractivity contribution is 8.13. The first kappa shape index (κ1) is 16.9. The number of thioether (sulfide) groups is 1. The lowest BCUT2D eigenvalue weighted by Crippen LogP contribution is -2.22. The average Bonchev–Trinajstić information content (AvgIpc) is 2.33. The molecular weight excluding hydrogens is 300 g/mol. The fourth-order valence-electron chi connectivity index (χ4n) is 1.44. The first-order valence-corrected chi connectivity index (χ1v) is 6.47. The molecule has 1 rings (SSSR count). The third-order valence-electron chi connectivity index (χ3n) is 2.47. The molecular formula is C12H12F4O3S. The molecule has 0 aromatic heterocycles. The van der Waals surface area contributed by atoms with Gasteiger partial charge >= 0.3 is 6.18 Å². The van der Waals surface area contributed by atoms with E-state index < -0.39 is 35.3 Å². The van der Waals surface area contributed by atoms with Crippen molar-refractivity contribution in [2.24, 2.45) is 0 Å². The van der Waals surface area contributed by atoms with Gasteiger partial charge in [0, 0.05) is 18.2 Å². The number of carbonyl (C=O) groups excluding carboxylic acids is 1. The van der Waals surface area contributed by atoms with E-state index in [0.29, 0.717) is 6.07 Å². The number of carbonyl (C=O) groups is 1. The minimum absolute atomic E-state index is 0.184. The molecule has 0 aliphatic heterocycles. The molecule has 20 heavy (non-hydrogen) atoms. The Bertz CT molecular complexity index is 490. The minimum atomic E-state index is -4.69. The van der Waals surface area contributed by atoms with E-state index in [1.54, 1.807) is 0 Å². The van der Waals surface area contributed by atoms with E-state index in [1.165, 1.54) is 6.92 Å². The summed E-state index contributed by atoms with van der Waals surface area (Å²) in [6.45, 7) is 1.25. The van der Waals surface area contributed by atoms with Crippen LogP contribution in [-0.4, -0.2) is 27.2 Å². The first-order valence-electron chi connectivity index (χ1n) is 5.49. The van der Waals surface area contributed by atoms with E-state index in [2.05, 4.69) is 0 Å². The first-order chi connectivity index (χ1) is 9.12. The van der Waals surface area contributed by atoms with Gasteiger partial charge in [-0.2, -0.15) is 13.2 Å². The molecule has 0 saturated carbocycles. The lowest BCUT2D eigenvalue weighted by atomic mass is 10.0. The van der Waals surface area contributed by atoms with Gasteiger partial charge in [-0.1, -0.05) is 17.8 Å². The van der Waals surface area contributed by atoms with Crippen molar-refractivity contribution < 1.29 is 32.6 Å². The van der Waals surface area contributed by atoms with Crippen LogP contribution in [0.3, 0.4) is 0 Å². The van der Waals surface area contributed by atoms with Crippen molar-refractivity contribution in [2.45, 2.75) is 25.3 Å². The average molecular weight is 312 g/mol. The van der Waals surface area contributed by atoms with Crippen LogP contribution in [0, 0.1) is 5.82 Å². The Kier molecular flexibility index (Phi) is 5.55. The zero-order valence-electron chi connectivity index (χ0n) is 10.3. The highest BCUT2D eigenvalue weighted by Crippen LogP contribution is 2.32. The van der Waals surface area contributed by atoms with Gasteiger partial charge in [-0.05, 0) is 12.1 Å². The van der Waals surface area contributed by atoms with Crippen LogP contribution in [0.4, 0.5) is 17.6 Å². The zero-order chi connectivity index (χ0) is 15.5. The normalized spacial score (nSPS) is 14.9. The second-order valence-electron chi connectivity index (χ2n) is 4.05. The number of rotatable bonds is 4. The summed E-state index contributed by atoms with van der Waals surface area (Å²) < 4.78 is 50.6. The molecule has 0 amide bonds. The minimum Gasteiger partial charge on any atom is -0.389 e. The van der Waals surface area contributed by atoms with E-state index in [-0.39, 0.29) is 16.9 Å². The van der Waals surface area contributed by atoms with Crippen molar-refractivity contribution in [1.82, 2.24) is 0 Å². The molecule has 0 saturated heterocycles. The number of hydrogen-bond acceptors (Lipinski definition) is 4. The maximum atomic E-state index is 13.5. The van der Waals surface area contributed by atoms with E-state index in [4.69, 9.17) is 0 Å². The highest BCUT2D eigenvalue weighted by Gasteiger charge is 2.32. The third-order valence-corrected chi connectivity index (χ3v) is 3.38. The predicted molar refractivity (Wildman–Crippen MR) is 65.5 cm³/mol. The Morgan fingerprint density at radius 2 is 1.95 bits per heavy atom. The van der Waals surface area contributed by atoms with Crippen LogP contribution in [0.25, 0.3) is 0 Å². The highest BCUT2D eigenvalue weighted by atomic mass is 32.2. The summed E-state index contributed by atoms with van der Waals surface area (Å²) in [5.41, 5.74) is -1.63. The summed E-state index contributed by atoms with van der Waals surface area (Å²) in [5, 5.41) is 18.9. The monoisotopic (exact) mass is 312 g/mol. The van der Waals surface area contributed by atoms with Gasteiger partial charge in [0.2, 0.25) is 0 Å². The molecule has 0 radical (unpaired) electrons. The Balaban J connectivity index is 2.88. The van der Waals surface area contributed by atoms with Gasteiger partial charge in [0.05, 0.1) is 11.7 Å². The van der Waals surface area contributed by atoms with Crippen LogP contribution in [0.15, 0.2) is 18.2 Å². The molecule has 2 atom stereocenters. The van der Waals surface area contributed by atoms with Crippen LogP contribution in [-0.2, 0) is 11.0 Å². The van der Waals surface area contributed by atoms with Gasteiger partial charge in [0.1, 0.15) is 11.9 Å². The summed E-state index contributed by atoms with van der Waals surface area (Å²) >= 11 is 0.724. The molecule has 2 unspecified atom stereocenters. The number of alkyl halides is 3. The molecule has 3 nitrogen and oxygen atoms in total. The largest absolute Gasteiger partial charge is 0.416 e. The van der Waals surface area contributed by atoms with Gasteiger partial charge in [-0.25, -0.2) is 4.39 Å². The maximum absolute atomic E-state index is 13.5. The van der Waals surface area contributed by atoms with Gasteiger partial charge in [-0.15, -0.1) is 0 Å². The van der Waals surface area contributed by atoms with Crippen LogP contribution < -0.4 is 0 Å². The molecule has 0 spiro atoms. The number of aliphatic hydroxyl groups is 2. The molecule has 1 aromatic carbocycles. The van der Waals surface area contributed by atoms with Gasteiger partial charge in [0.15, 0.2) is 5.12 Å². The summed E-state index contributed by atoms with van der Waals surface area (Å²) in [6.07, 6.45) is -7.85. The molecule has 0 heterocycles. The molecule has 0 fully saturated rings. The van der Waals surface area contributed by atoms with Gasteiger partial charge < -0.3 is 10.2 Å². The lowest BCUT2D eigenvalue weighted by Gasteiger charge is -2.18. The van der Waals surface area contributed by atoms with Crippen molar-refractivity contribution in [2.75, 3.05) is 5.75 Å². The third kappa shape index (κ3) is 4.46. The molecule has 1 aromatic rings. The Hall–Kier alpha value is -1.12. The predicted octanol–water partition coefficient (Wildman–Crippen LogP) is 2.52. The van der Waals surface area contributed by atoms with Gasteiger partial charge in [-0.3, -0.25) is 4.79 Å². The second kappa shape index (κ2) is 6.55. The standard InChI is InChI=1S/C12H12F4O3S/c1-6(17)20-5-10(18)11(19)8-3-2-7(4-9(8)13)12(14,15)16/h2-4,10-11,18-19H,5H2,1H3. The molecule has 0 aliphatic carbocycles. The zero-order valence-corrected chi connectivity index (χ0v) is 11.1. The molecule has 8 heteroatoms. The molecule has 0 bridgehead atoms. The van der Waals surface area contributed by atoms with E-state index >= 15 is 0 Å². The summed E-state index contributed by atoms with van der Waals surface area (Å²) in [5.74, 6) is -1.45. The van der Waals surface area contributed by atoms with E-state index in [0.717, 1.165) is 17.8 Å². The second-order valence-corrected chi connectivity index (χ2v) is 5.25. The van der Waals surface area contributed by atoms with Crippen LogP contribution >= 0.6 is 11.8 Å². The topological polar surface area (TPSA) is 57.5 Å². The lowest BCUT2D eigenvalue weighted by molar-refractivity contribution is -0.137. The maximum Gasteiger partial charge on any atom is 0.416 e. The van der Waals surface area contributed by atoms with Crippen molar-refractivity contribution in [3.8, 4) is 0 Å². The Morgan fingerprint density at radius 1 is 1.35 bits per heavy atom. The number of benzene rings is 1. The fourth-order valence-corrected chi connectivity index (χ4v) is 2.03. The summed E-state index contributed by atoms with van der Waals surface area (Å²) in [4.78, 5) is 10.7. The molecule has 0 aliphatic rings. The summed E-state index contributed by atoms with van der Waals surface area (Å²) in [7, 11) is 0. The molecule has 112 valence electrons. The van der Waals surface area contributed by atoms with E-state index in [1.807, 2.05) is 0 Å². The van der Waals surface area contributed by atoms with Crippen LogP contribution in [0.1, 0.15) is 24.2 Å². The van der Waals surface area contributed by atoms with E-state index in [9.17, 15) is 32.6 Å². The number of hydrogen-bond donors (Lipinski definition) is 2. The van der Waals surface area contributed by atoms with Crippen molar-refractivity contribution in [3.63, 3.8) is 0 Å². The Labute approximate surface area is 116 Å². The van der Waals surface area contributed by atoms with Crippen LogP contribution in [0.5, 0.6) is 0 Å². The smallest absolute Gasteiger partial charge is 0.389 e.